The molecule has 0 aromatic carbocycles. The molecule has 2 N–H and O–H groups in total. The number of anilines is 3. The van der Waals surface area contributed by atoms with Crippen molar-refractivity contribution in [2.24, 2.45) is 0 Å². The second-order valence-electron chi connectivity index (χ2n) is 4.03. The molecule has 0 radical (unpaired) electrons. The first-order chi connectivity index (χ1) is 8.22. The molecule has 17 heavy (non-hydrogen) atoms. The smallest absolute Gasteiger partial charge is 0.139 e. The highest BCUT2D eigenvalue weighted by Gasteiger charge is 2.14. The lowest BCUT2D eigenvalue weighted by Gasteiger charge is -2.15. The first kappa shape index (κ1) is 11.9. The van der Waals surface area contributed by atoms with Gasteiger partial charge in [0.1, 0.15) is 18.0 Å². The zero-order chi connectivity index (χ0) is 12.3. The minimum absolute atomic E-state index is 0.361. The summed E-state index contributed by atoms with van der Waals surface area (Å²) in [6, 6.07) is 2.04. The van der Waals surface area contributed by atoms with Crippen LogP contribution in [0.3, 0.4) is 0 Å². The lowest BCUT2D eigenvalue weighted by atomic mass is 10.0. The van der Waals surface area contributed by atoms with Gasteiger partial charge in [0.15, 0.2) is 0 Å². The van der Waals surface area contributed by atoms with Crippen molar-refractivity contribution in [1.82, 2.24) is 9.97 Å². The van der Waals surface area contributed by atoms with Crippen LogP contribution >= 0.6 is 11.3 Å². The Balaban J connectivity index is 2.39. The molecular weight excluding hydrogens is 232 g/mol. The molecule has 4 nitrogen and oxygen atoms in total. The van der Waals surface area contributed by atoms with Crippen molar-refractivity contribution in [1.29, 1.82) is 0 Å². The summed E-state index contributed by atoms with van der Waals surface area (Å²) in [7, 11) is 1.88. The van der Waals surface area contributed by atoms with Gasteiger partial charge in [-0.15, -0.1) is 0 Å². The normalized spacial score (nSPS) is 10.6. The van der Waals surface area contributed by atoms with Crippen molar-refractivity contribution in [2.45, 2.75) is 19.8 Å². The summed E-state index contributed by atoms with van der Waals surface area (Å²) in [5.74, 6) is 2.12. The number of rotatable bonds is 4. The van der Waals surface area contributed by atoms with Gasteiger partial charge in [-0.3, -0.25) is 0 Å². The lowest BCUT2D eigenvalue weighted by molar-refractivity contribution is 0.852. The van der Waals surface area contributed by atoms with Gasteiger partial charge >= 0.3 is 0 Å². The lowest BCUT2D eigenvalue weighted by Crippen LogP contribution is -2.06. The predicted octanol–water partition coefficient (Wildman–Crippen LogP) is 3.45. The number of nitrogens with one attached hydrogen (secondary N) is 2. The second kappa shape index (κ2) is 5.14. The van der Waals surface area contributed by atoms with Crippen LogP contribution < -0.4 is 10.6 Å². The third kappa shape index (κ3) is 2.55. The monoisotopic (exact) mass is 248 g/mol. The van der Waals surface area contributed by atoms with Gasteiger partial charge in [0.2, 0.25) is 0 Å². The fourth-order valence-electron chi connectivity index (χ4n) is 1.71. The highest BCUT2D eigenvalue weighted by molar-refractivity contribution is 7.08. The van der Waals surface area contributed by atoms with Crippen LogP contribution in [0.25, 0.3) is 0 Å². The Hall–Kier alpha value is -1.62. The average molecular weight is 248 g/mol. The van der Waals surface area contributed by atoms with E-state index in [1.165, 1.54) is 0 Å². The van der Waals surface area contributed by atoms with Crippen molar-refractivity contribution < 1.29 is 0 Å². The zero-order valence-corrected chi connectivity index (χ0v) is 11.0. The van der Waals surface area contributed by atoms with Gasteiger partial charge < -0.3 is 10.6 Å². The molecule has 0 fully saturated rings. The van der Waals surface area contributed by atoms with Gasteiger partial charge in [0.25, 0.3) is 0 Å². The third-order valence-corrected chi connectivity index (χ3v) is 3.17. The topological polar surface area (TPSA) is 49.8 Å². The summed E-state index contributed by atoms with van der Waals surface area (Å²) >= 11 is 1.66. The summed E-state index contributed by atoms with van der Waals surface area (Å²) < 4.78 is 0. The van der Waals surface area contributed by atoms with Gasteiger partial charge in [-0.05, 0) is 17.4 Å². The Labute approximate surface area is 105 Å². The molecule has 90 valence electrons. The molecule has 2 heterocycles. The molecule has 2 rings (SSSR count). The van der Waals surface area contributed by atoms with Crippen LogP contribution in [0.5, 0.6) is 0 Å². The van der Waals surface area contributed by atoms with Gasteiger partial charge in [-0.2, -0.15) is 11.3 Å². The van der Waals surface area contributed by atoms with E-state index >= 15 is 0 Å². The number of nitrogens with zero attached hydrogens (tertiary/aromatic N) is 2. The molecule has 0 unspecified atom stereocenters. The molecule has 0 amide bonds. The second-order valence-corrected chi connectivity index (χ2v) is 4.81. The van der Waals surface area contributed by atoms with Crippen molar-refractivity contribution in [3.8, 4) is 0 Å². The Morgan fingerprint density at radius 1 is 1.24 bits per heavy atom. The van der Waals surface area contributed by atoms with E-state index < -0.39 is 0 Å². The summed E-state index contributed by atoms with van der Waals surface area (Å²) in [6.45, 7) is 4.27. The maximum absolute atomic E-state index is 4.33. The van der Waals surface area contributed by atoms with Crippen LogP contribution in [0, 0.1) is 0 Å². The van der Waals surface area contributed by atoms with Gasteiger partial charge in [0.05, 0.1) is 5.69 Å². The Kier molecular flexibility index (Phi) is 3.58. The fourth-order valence-corrected chi connectivity index (χ4v) is 2.30. The minimum Gasteiger partial charge on any atom is -0.373 e. The van der Waals surface area contributed by atoms with E-state index in [1.54, 1.807) is 17.7 Å². The molecule has 0 aliphatic heterocycles. The molecule has 0 atom stereocenters. The Bertz CT molecular complexity index is 479. The van der Waals surface area contributed by atoms with Crippen LogP contribution in [0.1, 0.15) is 25.3 Å². The van der Waals surface area contributed by atoms with Crippen LogP contribution in [0.4, 0.5) is 17.3 Å². The summed E-state index contributed by atoms with van der Waals surface area (Å²) in [6.07, 6.45) is 1.58. The molecule has 5 heteroatoms. The van der Waals surface area contributed by atoms with E-state index in [1.807, 2.05) is 18.5 Å². The molecule has 2 aromatic heterocycles. The summed E-state index contributed by atoms with van der Waals surface area (Å²) in [4.78, 5) is 8.57. The van der Waals surface area contributed by atoms with E-state index in [-0.39, 0.29) is 0 Å². The highest BCUT2D eigenvalue weighted by atomic mass is 32.1. The highest BCUT2D eigenvalue weighted by Crippen LogP contribution is 2.30. The Morgan fingerprint density at radius 3 is 2.59 bits per heavy atom. The van der Waals surface area contributed by atoms with Crippen LogP contribution in [-0.2, 0) is 0 Å². The zero-order valence-electron chi connectivity index (χ0n) is 10.2. The number of aromatic nitrogens is 2. The van der Waals surface area contributed by atoms with E-state index in [4.69, 9.17) is 0 Å². The maximum atomic E-state index is 4.33. The molecular formula is C12H16N4S. The molecule has 0 spiro atoms. The van der Waals surface area contributed by atoms with Crippen LogP contribution in [0.2, 0.25) is 0 Å². The third-order valence-electron chi connectivity index (χ3n) is 2.48. The number of thiophene rings is 1. The summed E-state index contributed by atoms with van der Waals surface area (Å²) in [5, 5.41) is 10.5. The van der Waals surface area contributed by atoms with E-state index in [0.29, 0.717) is 5.92 Å². The molecule has 0 aliphatic carbocycles. The molecule has 0 saturated carbocycles. The van der Waals surface area contributed by atoms with Gasteiger partial charge in [0, 0.05) is 18.0 Å². The minimum atomic E-state index is 0.361. The van der Waals surface area contributed by atoms with Gasteiger partial charge in [-0.1, -0.05) is 13.8 Å². The predicted molar refractivity (Wildman–Crippen MR) is 73.3 cm³/mol. The molecule has 2 aromatic rings. The standard InChI is InChI=1S/C12H16N4S/c1-8(2)10-11(13-3)14-7-15-12(10)16-9-4-5-17-6-9/h4-8H,1-3H3,(H2,13,14,15,16). The fraction of sp³-hybridized carbons (Fsp3) is 0.333. The molecule has 0 saturated heterocycles. The van der Waals surface area contributed by atoms with Crippen molar-refractivity contribution in [3.05, 3.63) is 28.7 Å². The van der Waals surface area contributed by atoms with Crippen LogP contribution in [-0.4, -0.2) is 17.0 Å². The van der Waals surface area contributed by atoms with Crippen molar-refractivity contribution in [2.75, 3.05) is 17.7 Å². The average Bonchev–Trinajstić information content (AvgIpc) is 2.81. The SMILES string of the molecule is CNc1ncnc(Nc2ccsc2)c1C(C)C. The quantitative estimate of drug-likeness (QED) is 0.870. The van der Waals surface area contributed by atoms with Crippen molar-refractivity contribution >= 4 is 28.7 Å². The maximum Gasteiger partial charge on any atom is 0.139 e. The van der Waals surface area contributed by atoms with Crippen LogP contribution in [0.15, 0.2) is 23.2 Å². The first-order valence-corrected chi connectivity index (χ1v) is 6.48. The van der Waals surface area contributed by atoms with E-state index in [2.05, 4.69) is 39.8 Å². The van der Waals surface area contributed by atoms with Gasteiger partial charge in [-0.25, -0.2) is 9.97 Å². The van der Waals surface area contributed by atoms with E-state index in [0.717, 1.165) is 22.9 Å². The number of hydrogen-bond acceptors (Lipinski definition) is 5. The number of hydrogen-bond donors (Lipinski definition) is 2. The molecule has 0 bridgehead atoms. The largest absolute Gasteiger partial charge is 0.373 e. The first-order valence-electron chi connectivity index (χ1n) is 5.54. The molecule has 0 aliphatic rings. The summed E-state index contributed by atoms with van der Waals surface area (Å²) in [5.41, 5.74) is 2.18. The van der Waals surface area contributed by atoms with E-state index in [9.17, 15) is 0 Å². The van der Waals surface area contributed by atoms with Crippen molar-refractivity contribution in [3.63, 3.8) is 0 Å². The Morgan fingerprint density at radius 2 is 2.00 bits per heavy atom.